The van der Waals surface area contributed by atoms with Crippen LogP contribution in [0.4, 0.5) is 10.5 Å². The molecule has 0 aliphatic rings. The molecule has 1 aromatic carbocycles. The second-order valence-corrected chi connectivity index (χ2v) is 6.54. The molecule has 23 heavy (non-hydrogen) atoms. The Balaban J connectivity index is 1.76. The van der Waals surface area contributed by atoms with E-state index in [-0.39, 0.29) is 12.1 Å². The summed E-state index contributed by atoms with van der Waals surface area (Å²) in [6, 6.07) is 11.5. The van der Waals surface area contributed by atoms with Crippen molar-refractivity contribution in [3.63, 3.8) is 0 Å². The first-order valence-corrected chi connectivity index (χ1v) is 8.88. The van der Waals surface area contributed by atoms with Crippen molar-refractivity contribution in [2.75, 3.05) is 11.9 Å². The topological polar surface area (TPSA) is 50.4 Å². The molecule has 2 amide bonds. The van der Waals surface area contributed by atoms with E-state index in [4.69, 9.17) is 4.74 Å². The van der Waals surface area contributed by atoms with Crippen LogP contribution in [0.15, 0.2) is 41.8 Å². The summed E-state index contributed by atoms with van der Waals surface area (Å²) in [4.78, 5) is 13.3. The lowest BCUT2D eigenvalue weighted by Gasteiger charge is -2.14. The highest BCUT2D eigenvalue weighted by atomic mass is 32.1. The van der Waals surface area contributed by atoms with E-state index in [0.717, 1.165) is 37.3 Å². The quantitative estimate of drug-likeness (QED) is 0.690. The van der Waals surface area contributed by atoms with Crippen LogP contribution >= 0.6 is 11.3 Å². The number of carbonyl (C=O) groups is 1. The molecular formula is C18H24N2O2S. The molecule has 0 aliphatic heterocycles. The standard InChI is InChI=1S/C18H24N2O2S/c1-3-4-11-22-16-9-7-15(8-10-16)20-18(21)19-14(2)13-17-6-5-12-23-17/h5-10,12,14H,3-4,11,13H2,1-2H3,(H2,19,20,21). The molecule has 2 rings (SSSR count). The molecular weight excluding hydrogens is 308 g/mol. The van der Waals surface area contributed by atoms with E-state index in [1.165, 1.54) is 4.88 Å². The molecule has 124 valence electrons. The molecule has 2 aromatic rings. The van der Waals surface area contributed by atoms with E-state index < -0.39 is 0 Å². The molecule has 0 radical (unpaired) electrons. The Morgan fingerprint density at radius 3 is 2.70 bits per heavy atom. The normalized spacial score (nSPS) is 11.7. The van der Waals surface area contributed by atoms with Gasteiger partial charge >= 0.3 is 6.03 Å². The van der Waals surface area contributed by atoms with Crippen LogP contribution in [0.3, 0.4) is 0 Å². The molecule has 0 aliphatic carbocycles. The smallest absolute Gasteiger partial charge is 0.319 e. The van der Waals surface area contributed by atoms with Crippen molar-refractivity contribution in [1.82, 2.24) is 5.32 Å². The fourth-order valence-electron chi connectivity index (χ4n) is 2.14. The average molecular weight is 332 g/mol. The average Bonchev–Trinajstić information content (AvgIpc) is 3.02. The highest BCUT2D eigenvalue weighted by Crippen LogP contribution is 2.16. The first-order valence-electron chi connectivity index (χ1n) is 8.00. The summed E-state index contributed by atoms with van der Waals surface area (Å²) in [6.07, 6.45) is 3.00. The van der Waals surface area contributed by atoms with E-state index >= 15 is 0 Å². The summed E-state index contributed by atoms with van der Waals surface area (Å²) in [6.45, 7) is 4.86. The van der Waals surface area contributed by atoms with Crippen LogP contribution in [0.25, 0.3) is 0 Å². The van der Waals surface area contributed by atoms with Gasteiger partial charge in [0, 0.05) is 23.0 Å². The lowest BCUT2D eigenvalue weighted by Crippen LogP contribution is -2.37. The van der Waals surface area contributed by atoms with Gasteiger partial charge in [-0.15, -0.1) is 11.3 Å². The number of hydrogen-bond donors (Lipinski definition) is 2. The zero-order chi connectivity index (χ0) is 16.5. The number of urea groups is 1. The largest absolute Gasteiger partial charge is 0.494 e. The van der Waals surface area contributed by atoms with Crippen molar-refractivity contribution in [2.24, 2.45) is 0 Å². The van der Waals surface area contributed by atoms with E-state index in [1.807, 2.05) is 42.6 Å². The molecule has 0 bridgehead atoms. The fraction of sp³-hybridized carbons (Fsp3) is 0.389. The molecule has 0 saturated carbocycles. The van der Waals surface area contributed by atoms with Crippen LogP contribution in [0.1, 0.15) is 31.6 Å². The predicted octanol–water partition coefficient (Wildman–Crippen LogP) is 4.68. The number of nitrogens with one attached hydrogen (secondary N) is 2. The summed E-state index contributed by atoms with van der Waals surface area (Å²) in [5, 5.41) is 7.84. The number of hydrogen-bond acceptors (Lipinski definition) is 3. The molecule has 1 aromatic heterocycles. The van der Waals surface area contributed by atoms with Crippen LogP contribution in [0, 0.1) is 0 Å². The summed E-state index contributed by atoms with van der Waals surface area (Å²) in [5.41, 5.74) is 0.758. The van der Waals surface area contributed by atoms with E-state index in [2.05, 4.69) is 23.6 Å². The summed E-state index contributed by atoms with van der Waals surface area (Å²) < 4.78 is 5.60. The lowest BCUT2D eigenvalue weighted by atomic mass is 10.2. The Labute approximate surface area is 141 Å². The number of ether oxygens (including phenoxy) is 1. The van der Waals surface area contributed by atoms with Crippen LogP contribution in [0.5, 0.6) is 5.75 Å². The van der Waals surface area contributed by atoms with Gasteiger partial charge in [-0.2, -0.15) is 0 Å². The molecule has 0 spiro atoms. The van der Waals surface area contributed by atoms with Gasteiger partial charge in [0.05, 0.1) is 6.61 Å². The fourth-order valence-corrected chi connectivity index (χ4v) is 2.98. The Kier molecular flexibility index (Phi) is 6.94. The molecule has 1 unspecified atom stereocenters. The van der Waals surface area contributed by atoms with Gasteiger partial charge in [0.15, 0.2) is 0 Å². The van der Waals surface area contributed by atoms with Gasteiger partial charge < -0.3 is 15.4 Å². The minimum absolute atomic E-state index is 0.0882. The molecule has 5 heteroatoms. The molecule has 4 nitrogen and oxygen atoms in total. The van der Waals surface area contributed by atoms with Crippen molar-refractivity contribution in [3.05, 3.63) is 46.7 Å². The molecule has 1 atom stereocenters. The maximum absolute atomic E-state index is 12.0. The number of unbranched alkanes of at least 4 members (excludes halogenated alkanes) is 1. The summed E-state index contributed by atoms with van der Waals surface area (Å²) in [7, 11) is 0. The molecule has 0 saturated heterocycles. The van der Waals surface area contributed by atoms with E-state index in [0.29, 0.717) is 0 Å². The van der Waals surface area contributed by atoms with Crippen LogP contribution < -0.4 is 15.4 Å². The summed E-state index contributed by atoms with van der Waals surface area (Å²) >= 11 is 1.71. The zero-order valence-corrected chi connectivity index (χ0v) is 14.5. The highest BCUT2D eigenvalue weighted by molar-refractivity contribution is 7.09. The monoisotopic (exact) mass is 332 g/mol. The third-order valence-corrected chi connectivity index (χ3v) is 4.24. The van der Waals surface area contributed by atoms with Crippen molar-refractivity contribution in [2.45, 2.75) is 39.2 Å². The third kappa shape index (κ3) is 6.32. The van der Waals surface area contributed by atoms with Crippen molar-refractivity contribution in [1.29, 1.82) is 0 Å². The maximum atomic E-state index is 12.0. The number of amides is 2. The van der Waals surface area contributed by atoms with Crippen LogP contribution in [-0.2, 0) is 6.42 Å². The van der Waals surface area contributed by atoms with Gasteiger partial charge in [-0.05, 0) is 49.1 Å². The van der Waals surface area contributed by atoms with Gasteiger partial charge in [-0.3, -0.25) is 0 Å². The number of benzene rings is 1. The third-order valence-electron chi connectivity index (χ3n) is 3.34. The van der Waals surface area contributed by atoms with Gasteiger partial charge in [-0.1, -0.05) is 19.4 Å². The van der Waals surface area contributed by atoms with E-state index in [1.54, 1.807) is 11.3 Å². The number of thiophene rings is 1. The lowest BCUT2D eigenvalue weighted by molar-refractivity contribution is 0.249. The minimum Gasteiger partial charge on any atom is -0.494 e. The second kappa shape index (κ2) is 9.20. The second-order valence-electron chi connectivity index (χ2n) is 5.51. The van der Waals surface area contributed by atoms with Gasteiger partial charge in [0.25, 0.3) is 0 Å². The van der Waals surface area contributed by atoms with Crippen molar-refractivity contribution < 1.29 is 9.53 Å². The number of carbonyl (C=O) groups excluding carboxylic acids is 1. The van der Waals surface area contributed by atoms with Crippen molar-refractivity contribution in [3.8, 4) is 5.75 Å². The zero-order valence-electron chi connectivity index (χ0n) is 13.7. The van der Waals surface area contributed by atoms with Gasteiger partial charge in [-0.25, -0.2) is 4.79 Å². The van der Waals surface area contributed by atoms with Gasteiger partial charge in [0.1, 0.15) is 5.75 Å². The van der Waals surface area contributed by atoms with Crippen LogP contribution in [-0.4, -0.2) is 18.7 Å². The predicted molar refractivity (Wildman–Crippen MR) is 96.5 cm³/mol. The molecule has 0 fully saturated rings. The highest BCUT2D eigenvalue weighted by Gasteiger charge is 2.09. The number of anilines is 1. The Morgan fingerprint density at radius 2 is 2.04 bits per heavy atom. The molecule has 1 heterocycles. The number of rotatable bonds is 8. The van der Waals surface area contributed by atoms with E-state index in [9.17, 15) is 4.79 Å². The van der Waals surface area contributed by atoms with Crippen molar-refractivity contribution >= 4 is 23.1 Å². The first kappa shape index (κ1) is 17.3. The molecule has 2 N–H and O–H groups in total. The maximum Gasteiger partial charge on any atom is 0.319 e. The first-order chi connectivity index (χ1) is 11.2. The van der Waals surface area contributed by atoms with Gasteiger partial charge in [0.2, 0.25) is 0 Å². The Hall–Kier alpha value is -2.01. The van der Waals surface area contributed by atoms with Crippen LogP contribution in [0.2, 0.25) is 0 Å². The Bertz CT molecular complexity index is 582. The summed E-state index contributed by atoms with van der Waals surface area (Å²) in [5.74, 6) is 0.829. The minimum atomic E-state index is -0.186. The SMILES string of the molecule is CCCCOc1ccc(NC(=O)NC(C)Cc2cccs2)cc1. The Morgan fingerprint density at radius 1 is 1.26 bits per heavy atom.